The highest BCUT2D eigenvalue weighted by Gasteiger charge is 1.92. The van der Waals surface area contributed by atoms with Gasteiger partial charge in [-0.1, -0.05) is 0 Å². The number of hydrogen-bond acceptors (Lipinski definition) is 1. The molecule has 3 heteroatoms. The molecule has 0 bridgehead atoms. The van der Waals surface area contributed by atoms with Gasteiger partial charge in [0.05, 0.1) is 0 Å². The molecule has 0 heterocycles. The molecule has 0 aromatic rings. The average Bonchev–Trinajstić information content (AvgIpc) is 1.87. The third-order valence-electron chi connectivity index (χ3n) is 1.02. The molecule has 0 rings (SSSR count). The van der Waals surface area contributed by atoms with Crippen molar-refractivity contribution in [1.29, 1.82) is 0 Å². The van der Waals surface area contributed by atoms with E-state index in [9.17, 15) is 0 Å². The second-order valence-electron chi connectivity index (χ2n) is 2.11. The fraction of sp³-hybridized carbons (Fsp3) is 0.714. The Hall–Kier alpha value is -0.360. The van der Waals surface area contributed by atoms with E-state index in [2.05, 4.69) is 17.5 Å². The van der Waals surface area contributed by atoms with Crippen LogP contribution in [0.5, 0.6) is 0 Å². The molecule has 0 unspecified atom stereocenters. The van der Waals surface area contributed by atoms with Crippen LogP contribution in [-0.4, -0.2) is 43.8 Å². The van der Waals surface area contributed by atoms with Crippen molar-refractivity contribution in [2.75, 3.05) is 27.3 Å². The molecule has 0 aliphatic carbocycles. The normalized spacial score (nSPS) is 12.6. The maximum Gasteiger partial charge on any atom is 0.127 e. The summed E-state index contributed by atoms with van der Waals surface area (Å²) in [5.41, 5.74) is 0. The van der Waals surface area contributed by atoms with Crippen molar-refractivity contribution < 1.29 is 0 Å². The van der Waals surface area contributed by atoms with Gasteiger partial charge in [0, 0.05) is 26.4 Å². The topological polar surface area (TPSA) is 15.6 Å². The van der Waals surface area contributed by atoms with Gasteiger partial charge in [-0.15, -0.1) is 8.20 Å². The second kappa shape index (κ2) is 5.43. The van der Waals surface area contributed by atoms with Crippen LogP contribution in [0.3, 0.4) is 0 Å². The Balaban J connectivity index is 4.11. The molecule has 0 amide bonds. The molecule has 0 aromatic heterocycles. The van der Waals surface area contributed by atoms with Gasteiger partial charge in [-0.05, 0) is 13.6 Å². The SMILES string of the molecule is CCN=C(C=PC)N(C)C. The second-order valence-corrected chi connectivity index (χ2v) is 2.89. The molecule has 0 radical (unpaired) electrons. The fourth-order valence-corrected chi connectivity index (χ4v) is 1.12. The summed E-state index contributed by atoms with van der Waals surface area (Å²) in [5, 5.41) is 0. The predicted molar refractivity (Wildman–Crippen MR) is 50.6 cm³/mol. The lowest BCUT2D eigenvalue weighted by molar-refractivity contribution is 0.629. The minimum Gasteiger partial charge on any atom is -0.363 e. The molecule has 0 aliphatic heterocycles. The Morgan fingerprint density at radius 2 is 2.20 bits per heavy atom. The van der Waals surface area contributed by atoms with Crippen LogP contribution in [-0.2, 0) is 0 Å². The van der Waals surface area contributed by atoms with Gasteiger partial charge in [0.2, 0.25) is 0 Å². The summed E-state index contributed by atoms with van der Waals surface area (Å²) in [5.74, 6) is 3.18. The van der Waals surface area contributed by atoms with Crippen LogP contribution in [0.15, 0.2) is 4.99 Å². The van der Waals surface area contributed by atoms with Crippen molar-refractivity contribution in [3.63, 3.8) is 0 Å². The molecule has 0 N–H and O–H groups in total. The number of nitrogens with zero attached hydrogens (tertiary/aromatic N) is 2. The van der Waals surface area contributed by atoms with Crippen molar-refractivity contribution in [3.8, 4) is 0 Å². The molecule has 0 aliphatic rings. The zero-order chi connectivity index (χ0) is 7.98. The van der Waals surface area contributed by atoms with Crippen LogP contribution >= 0.6 is 8.20 Å². The van der Waals surface area contributed by atoms with E-state index in [1.54, 1.807) is 0 Å². The lowest BCUT2D eigenvalue weighted by Gasteiger charge is -2.10. The van der Waals surface area contributed by atoms with Crippen LogP contribution in [0.25, 0.3) is 0 Å². The number of amidine groups is 1. The van der Waals surface area contributed by atoms with E-state index in [4.69, 9.17) is 0 Å². The number of aliphatic imine (C=N–C) groups is 1. The highest BCUT2D eigenvalue weighted by molar-refractivity contribution is 7.40. The van der Waals surface area contributed by atoms with Crippen molar-refractivity contribution in [2.24, 2.45) is 4.99 Å². The summed E-state index contributed by atoms with van der Waals surface area (Å²) < 4.78 is 0. The van der Waals surface area contributed by atoms with Crippen LogP contribution in [0.2, 0.25) is 0 Å². The minimum absolute atomic E-state index is 0.861. The van der Waals surface area contributed by atoms with Gasteiger partial charge in [-0.3, -0.25) is 4.99 Å². The van der Waals surface area contributed by atoms with Gasteiger partial charge >= 0.3 is 0 Å². The van der Waals surface area contributed by atoms with Gasteiger partial charge in [0.25, 0.3) is 0 Å². The van der Waals surface area contributed by atoms with Crippen LogP contribution < -0.4 is 0 Å². The van der Waals surface area contributed by atoms with Crippen LogP contribution in [0.4, 0.5) is 0 Å². The average molecular weight is 158 g/mol. The van der Waals surface area contributed by atoms with E-state index in [0.717, 1.165) is 12.4 Å². The molecular weight excluding hydrogens is 143 g/mol. The molecule has 2 nitrogen and oxygen atoms in total. The van der Waals surface area contributed by atoms with Gasteiger partial charge < -0.3 is 4.90 Å². The van der Waals surface area contributed by atoms with Crippen molar-refractivity contribution in [3.05, 3.63) is 0 Å². The first kappa shape index (κ1) is 9.64. The highest BCUT2D eigenvalue weighted by atomic mass is 31.1. The summed E-state index contributed by atoms with van der Waals surface area (Å²) in [7, 11) is 5.28. The van der Waals surface area contributed by atoms with Crippen molar-refractivity contribution >= 4 is 19.8 Å². The molecule has 0 aromatic carbocycles. The molecule has 0 fully saturated rings. The Kier molecular flexibility index (Phi) is 5.23. The van der Waals surface area contributed by atoms with E-state index in [-0.39, 0.29) is 0 Å². The summed E-state index contributed by atoms with van der Waals surface area (Å²) >= 11 is 0. The third-order valence-corrected chi connectivity index (χ3v) is 1.51. The Morgan fingerprint density at radius 3 is 2.50 bits per heavy atom. The maximum atomic E-state index is 4.29. The summed E-state index contributed by atoms with van der Waals surface area (Å²) in [6, 6.07) is 0. The first-order valence-electron chi connectivity index (χ1n) is 3.36. The van der Waals surface area contributed by atoms with Crippen molar-refractivity contribution in [1.82, 2.24) is 4.90 Å². The maximum absolute atomic E-state index is 4.29. The van der Waals surface area contributed by atoms with Crippen LogP contribution in [0.1, 0.15) is 6.92 Å². The molecule has 0 saturated heterocycles. The number of hydrogen-bond donors (Lipinski definition) is 0. The van der Waals surface area contributed by atoms with Gasteiger partial charge in [-0.2, -0.15) is 0 Å². The standard InChI is InChI=1S/C7H15N2P/c1-5-8-7(6-10-4)9(2)3/h6H,5H2,1-4H3. The Morgan fingerprint density at radius 1 is 1.60 bits per heavy atom. The molecular formula is C7H15N2P. The molecule has 0 atom stereocenters. The van der Waals surface area contributed by atoms with E-state index in [1.165, 1.54) is 8.20 Å². The summed E-state index contributed by atoms with van der Waals surface area (Å²) in [6.45, 7) is 5.00. The quantitative estimate of drug-likeness (QED) is 0.336. The van der Waals surface area contributed by atoms with E-state index in [0.29, 0.717) is 0 Å². The van der Waals surface area contributed by atoms with Gasteiger partial charge in [-0.25, -0.2) is 0 Å². The van der Waals surface area contributed by atoms with Gasteiger partial charge in [0.1, 0.15) is 5.84 Å². The van der Waals surface area contributed by atoms with E-state index in [1.807, 2.05) is 25.9 Å². The predicted octanol–water partition coefficient (Wildman–Crippen LogP) is 1.34. The largest absolute Gasteiger partial charge is 0.363 e. The molecule has 0 saturated carbocycles. The zero-order valence-corrected chi connectivity index (χ0v) is 8.02. The Labute approximate surface area is 64.8 Å². The van der Waals surface area contributed by atoms with Crippen LogP contribution in [0, 0.1) is 0 Å². The molecule has 58 valence electrons. The minimum atomic E-state index is 0.861. The summed E-state index contributed by atoms with van der Waals surface area (Å²) in [4.78, 5) is 6.32. The smallest absolute Gasteiger partial charge is 0.127 e. The fourth-order valence-electron chi connectivity index (χ4n) is 0.575. The van der Waals surface area contributed by atoms with Crippen molar-refractivity contribution in [2.45, 2.75) is 6.92 Å². The van der Waals surface area contributed by atoms with Gasteiger partial charge in [0.15, 0.2) is 0 Å². The number of rotatable bonds is 2. The summed E-state index contributed by atoms with van der Waals surface area (Å²) in [6.07, 6.45) is 0. The lowest BCUT2D eigenvalue weighted by atomic mass is 10.6. The van der Waals surface area contributed by atoms with E-state index >= 15 is 0 Å². The monoisotopic (exact) mass is 158 g/mol. The lowest BCUT2D eigenvalue weighted by Crippen LogP contribution is -2.22. The first-order valence-corrected chi connectivity index (χ1v) is 4.77. The van der Waals surface area contributed by atoms with E-state index < -0.39 is 0 Å². The molecule has 0 spiro atoms. The highest BCUT2D eigenvalue weighted by Crippen LogP contribution is 1.87. The first-order chi connectivity index (χ1) is 4.72. The molecule has 10 heavy (non-hydrogen) atoms. The Bertz CT molecular complexity index is 139. The zero-order valence-electron chi connectivity index (χ0n) is 7.13. The third kappa shape index (κ3) is 3.62.